The van der Waals surface area contributed by atoms with Crippen molar-refractivity contribution in [1.29, 1.82) is 0 Å². The molecular formula is C12H17ClF3N3O. The van der Waals surface area contributed by atoms with Crippen LogP contribution in [0.15, 0.2) is 6.07 Å². The first-order valence-electron chi connectivity index (χ1n) is 6.22. The lowest BCUT2D eigenvalue weighted by Gasteiger charge is -2.10. The van der Waals surface area contributed by atoms with Crippen LogP contribution >= 0.6 is 11.6 Å². The molecule has 8 heteroatoms. The maximum atomic E-state index is 12.5. The van der Waals surface area contributed by atoms with Crippen LogP contribution in [0.4, 0.5) is 19.0 Å². The fourth-order valence-corrected chi connectivity index (χ4v) is 1.49. The summed E-state index contributed by atoms with van der Waals surface area (Å²) in [4.78, 5) is 6.50. The van der Waals surface area contributed by atoms with Crippen molar-refractivity contribution in [2.45, 2.75) is 26.4 Å². The Bertz CT molecular complexity index is 427. The van der Waals surface area contributed by atoms with E-state index in [-0.39, 0.29) is 11.0 Å². The molecule has 1 N–H and O–H groups in total. The molecule has 0 bridgehead atoms. The van der Waals surface area contributed by atoms with Gasteiger partial charge in [-0.2, -0.15) is 13.2 Å². The summed E-state index contributed by atoms with van der Waals surface area (Å²) in [6.07, 6.45) is -3.67. The number of anilines is 1. The molecular weight excluding hydrogens is 295 g/mol. The fraction of sp³-hybridized carbons (Fsp3) is 0.667. The zero-order valence-electron chi connectivity index (χ0n) is 11.3. The number of nitrogens with one attached hydrogen (secondary N) is 1. The lowest BCUT2D eigenvalue weighted by molar-refractivity contribution is -0.144. The average Bonchev–Trinajstić information content (AvgIpc) is 2.31. The van der Waals surface area contributed by atoms with Gasteiger partial charge in [-0.15, -0.1) is 0 Å². The van der Waals surface area contributed by atoms with E-state index < -0.39 is 12.0 Å². The normalized spacial score (nSPS) is 11.9. The molecule has 20 heavy (non-hydrogen) atoms. The van der Waals surface area contributed by atoms with Crippen LogP contribution in [0.2, 0.25) is 5.15 Å². The molecule has 1 heterocycles. The molecule has 0 unspecified atom stereocenters. The van der Waals surface area contributed by atoms with Gasteiger partial charge in [0.1, 0.15) is 11.0 Å². The van der Waals surface area contributed by atoms with Gasteiger partial charge < -0.3 is 10.1 Å². The van der Waals surface area contributed by atoms with E-state index >= 15 is 0 Å². The second kappa shape index (κ2) is 7.64. The third-order valence-electron chi connectivity index (χ3n) is 2.34. The van der Waals surface area contributed by atoms with Gasteiger partial charge in [-0.1, -0.05) is 25.4 Å². The monoisotopic (exact) mass is 311 g/mol. The van der Waals surface area contributed by atoms with Crippen LogP contribution in [0.1, 0.15) is 26.1 Å². The molecule has 1 rings (SSSR count). The summed E-state index contributed by atoms with van der Waals surface area (Å²) in [5, 5.41) is 2.47. The van der Waals surface area contributed by atoms with Gasteiger partial charge >= 0.3 is 6.18 Å². The van der Waals surface area contributed by atoms with Crippen LogP contribution in [0.3, 0.4) is 0 Å². The Morgan fingerprint density at radius 1 is 1.30 bits per heavy atom. The molecule has 0 radical (unpaired) electrons. The second-order valence-electron chi connectivity index (χ2n) is 4.62. The Morgan fingerprint density at radius 3 is 2.60 bits per heavy atom. The maximum Gasteiger partial charge on any atom is 0.451 e. The lowest BCUT2D eigenvalue weighted by atomic mass is 10.1. The van der Waals surface area contributed by atoms with Crippen molar-refractivity contribution in [2.75, 3.05) is 25.1 Å². The van der Waals surface area contributed by atoms with E-state index in [4.69, 9.17) is 16.3 Å². The molecule has 0 aliphatic rings. The topological polar surface area (TPSA) is 47.0 Å². The zero-order valence-corrected chi connectivity index (χ0v) is 12.1. The molecule has 0 fully saturated rings. The number of aromatic nitrogens is 2. The van der Waals surface area contributed by atoms with Crippen molar-refractivity contribution < 1.29 is 17.9 Å². The van der Waals surface area contributed by atoms with E-state index in [1.807, 2.05) is 0 Å². The molecule has 0 spiro atoms. The van der Waals surface area contributed by atoms with E-state index in [1.54, 1.807) is 0 Å². The molecule has 0 aliphatic heterocycles. The van der Waals surface area contributed by atoms with E-state index in [0.717, 1.165) is 6.42 Å². The number of hydrogen-bond donors (Lipinski definition) is 1. The molecule has 0 amide bonds. The van der Waals surface area contributed by atoms with E-state index in [9.17, 15) is 13.2 Å². The molecule has 1 aromatic heterocycles. The molecule has 0 aliphatic carbocycles. The highest BCUT2D eigenvalue weighted by Crippen LogP contribution is 2.28. The van der Waals surface area contributed by atoms with Crippen molar-refractivity contribution in [2.24, 2.45) is 5.92 Å². The third-order valence-corrected chi connectivity index (χ3v) is 2.53. The number of hydrogen-bond acceptors (Lipinski definition) is 4. The Hall–Kier alpha value is -1.08. The van der Waals surface area contributed by atoms with E-state index in [2.05, 4.69) is 29.1 Å². The van der Waals surface area contributed by atoms with Crippen LogP contribution in [-0.2, 0) is 10.9 Å². The van der Waals surface area contributed by atoms with Crippen LogP contribution < -0.4 is 5.32 Å². The van der Waals surface area contributed by atoms with Crippen molar-refractivity contribution in [3.8, 4) is 0 Å². The number of rotatable bonds is 7. The summed E-state index contributed by atoms with van der Waals surface area (Å²) in [5.74, 6) is -0.670. The first kappa shape index (κ1) is 17.0. The highest BCUT2D eigenvalue weighted by molar-refractivity contribution is 6.29. The first-order chi connectivity index (χ1) is 9.29. The van der Waals surface area contributed by atoms with E-state index in [0.29, 0.717) is 25.7 Å². The van der Waals surface area contributed by atoms with Gasteiger partial charge in [0.05, 0.1) is 6.61 Å². The maximum absolute atomic E-state index is 12.5. The summed E-state index contributed by atoms with van der Waals surface area (Å²) in [6, 6.07) is 1.24. The minimum Gasteiger partial charge on any atom is -0.380 e. The molecule has 1 aromatic rings. The highest BCUT2D eigenvalue weighted by atomic mass is 35.5. The standard InChI is InChI=1S/C12H17ClF3N3O/c1-8(2)3-5-20-6-4-17-10-7-9(13)18-11(19-10)12(14,15)16/h7-8H,3-6H2,1-2H3,(H,17,18,19). The van der Waals surface area contributed by atoms with Crippen LogP contribution in [-0.4, -0.2) is 29.7 Å². The van der Waals surface area contributed by atoms with Crippen molar-refractivity contribution in [3.05, 3.63) is 17.0 Å². The number of nitrogens with zero attached hydrogens (tertiary/aromatic N) is 2. The minimum atomic E-state index is -4.62. The van der Waals surface area contributed by atoms with E-state index in [1.165, 1.54) is 6.07 Å². The SMILES string of the molecule is CC(C)CCOCCNc1cc(Cl)nc(C(F)(F)F)n1. The second-order valence-corrected chi connectivity index (χ2v) is 5.01. The molecule has 4 nitrogen and oxygen atoms in total. The molecule has 114 valence electrons. The molecule has 0 saturated heterocycles. The number of halogens is 4. The quantitative estimate of drug-likeness (QED) is 0.617. The van der Waals surface area contributed by atoms with Gasteiger partial charge in [0.2, 0.25) is 5.82 Å². The highest BCUT2D eigenvalue weighted by Gasteiger charge is 2.35. The molecule has 0 saturated carbocycles. The number of ether oxygens (including phenoxy) is 1. The predicted octanol–water partition coefficient (Wildman–Crippen LogP) is 3.62. The molecule has 0 atom stereocenters. The van der Waals surface area contributed by atoms with Gasteiger partial charge in [-0.3, -0.25) is 0 Å². The average molecular weight is 312 g/mol. The zero-order chi connectivity index (χ0) is 15.2. The summed E-state index contributed by atoms with van der Waals surface area (Å²) in [5.41, 5.74) is 0. The predicted molar refractivity (Wildman–Crippen MR) is 70.8 cm³/mol. The van der Waals surface area contributed by atoms with Crippen molar-refractivity contribution in [1.82, 2.24) is 9.97 Å². The first-order valence-corrected chi connectivity index (χ1v) is 6.60. The Morgan fingerprint density at radius 2 is 2.00 bits per heavy atom. The van der Waals surface area contributed by atoms with Crippen LogP contribution in [0.25, 0.3) is 0 Å². The van der Waals surface area contributed by atoms with Gasteiger partial charge in [-0.05, 0) is 12.3 Å². The third kappa shape index (κ3) is 6.38. The smallest absolute Gasteiger partial charge is 0.380 e. The summed E-state index contributed by atoms with van der Waals surface area (Å²) in [6.45, 7) is 5.53. The Labute approximate surface area is 120 Å². The van der Waals surface area contributed by atoms with Crippen molar-refractivity contribution >= 4 is 17.4 Å². The summed E-state index contributed by atoms with van der Waals surface area (Å²) < 4.78 is 42.8. The minimum absolute atomic E-state index is 0.0322. The van der Waals surface area contributed by atoms with Crippen molar-refractivity contribution in [3.63, 3.8) is 0 Å². The van der Waals surface area contributed by atoms with Crippen LogP contribution in [0.5, 0.6) is 0 Å². The Balaban J connectivity index is 2.42. The van der Waals surface area contributed by atoms with Gasteiger partial charge in [0.15, 0.2) is 0 Å². The van der Waals surface area contributed by atoms with Gasteiger partial charge in [-0.25, -0.2) is 9.97 Å². The Kier molecular flexibility index (Phi) is 6.48. The lowest BCUT2D eigenvalue weighted by Crippen LogP contribution is -2.15. The largest absolute Gasteiger partial charge is 0.451 e. The number of alkyl halides is 3. The molecule has 0 aromatic carbocycles. The fourth-order valence-electron chi connectivity index (χ4n) is 1.31. The van der Waals surface area contributed by atoms with Gasteiger partial charge in [0, 0.05) is 19.2 Å². The summed E-state index contributed by atoms with van der Waals surface area (Å²) >= 11 is 5.53. The van der Waals surface area contributed by atoms with Crippen LogP contribution in [0, 0.1) is 5.92 Å². The summed E-state index contributed by atoms with van der Waals surface area (Å²) in [7, 11) is 0. The van der Waals surface area contributed by atoms with Gasteiger partial charge in [0.25, 0.3) is 0 Å².